The molecule has 154 valence electrons. The normalized spacial score (nSPS) is 17.2. The third kappa shape index (κ3) is 3.64. The van der Waals surface area contributed by atoms with Crippen molar-refractivity contribution >= 4 is 5.91 Å². The number of benzene rings is 2. The summed E-state index contributed by atoms with van der Waals surface area (Å²) in [5.41, 5.74) is 5.06. The monoisotopic (exact) mass is 402 g/mol. The first-order valence-corrected chi connectivity index (χ1v) is 10.6. The predicted molar refractivity (Wildman–Crippen MR) is 114 cm³/mol. The maximum Gasteiger partial charge on any atom is 0.274 e. The van der Waals surface area contributed by atoms with E-state index in [4.69, 9.17) is 4.74 Å². The molecule has 3 aromatic rings. The Kier molecular flexibility index (Phi) is 5.34. The molecular formula is C24H26N4O2. The van der Waals surface area contributed by atoms with E-state index >= 15 is 0 Å². The fourth-order valence-electron chi connectivity index (χ4n) is 4.51. The van der Waals surface area contributed by atoms with Gasteiger partial charge in [-0.15, -0.1) is 0 Å². The smallest absolute Gasteiger partial charge is 0.274 e. The molecule has 1 N–H and O–H groups in total. The standard InChI is InChI=1S/C24H26N4O2/c29-24(22-20-17-30-16-11-21(20)25-26-22)28-14-12-27(13-15-28)23(18-7-3-1-4-8-18)19-9-5-2-6-10-19/h1-10,23H,11-17H2,(H,25,26). The van der Waals surface area contributed by atoms with Crippen LogP contribution in [0.1, 0.15) is 38.9 Å². The van der Waals surface area contributed by atoms with Crippen molar-refractivity contribution in [3.05, 3.63) is 88.7 Å². The van der Waals surface area contributed by atoms with Crippen LogP contribution in [0.15, 0.2) is 60.7 Å². The Morgan fingerprint density at radius 3 is 2.20 bits per heavy atom. The van der Waals surface area contributed by atoms with Gasteiger partial charge in [0, 0.05) is 43.9 Å². The van der Waals surface area contributed by atoms with Crippen molar-refractivity contribution in [2.45, 2.75) is 19.1 Å². The number of hydrogen-bond acceptors (Lipinski definition) is 4. The maximum atomic E-state index is 13.1. The highest BCUT2D eigenvalue weighted by atomic mass is 16.5. The van der Waals surface area contributed by atoms with Gasteiger partial charge in [0.25, 0.3) is 5.91 Å². The average Bonchev–Trinajstić information content (AvgIpc) is 3.25. The maximum absolute atomic E-state index is 13.1. The lowest BCUT2D eigenvalue weighted by Crippen LogP contribution is -2.50. The number of fused-ring (bicyclic) bond motifs is 1. The third-order valence-corrected chi connectivity index (χ3v) is 6.10. The van der Waals surface area contributed by atoms with E-state index in [0.29, 0.717) is 32.0 Å². The van der Waals surface area contributed by atoms with Crippen LogP contribution in [-0.4, -0.2) is 58.7 Å². The number of ether oxygens (including phenoxy) is 1. The van der Waals surface area contributed by atoms with Gasteiger partial charge in [-0.05, 0) is 11.1 Å². The number of nitrogens with zero attached hydrogens (tertiary/aromatic N) is 3. The van der Waals surface area contributed by atoms with E-state index in [1.54, 1.807) is 0 Å². The average molecular weight is 402 g/mol. The number of amides is 1. The largest absolute Gasteiger partial charge is 0.376 e. The molecule has 30 heavy (non-hydrogen) atoms. The van der Waals surface area contributed by atoms with E-state index in [-0.39, 0.29) is 11.9 Å². The molecule has 0 unspecified atom stereocenters. The molecule has 2 aromatic carbocycles. The summed E-state index contributed by atoms with van der Waals surface area (Å²) in [6.45, 7) is 4.18. The number of nitrogens with one attached hydrogen (secondary N) is 1. The fraction of sp³-hybridized carbons (Fsp3) is 0.333. The second kappa shape index (κ2) is 8.42. The Morgan fingerprint density at radius 2 is 1.57 bits per heavy atom. The summed E-state index contributed by atoms with van der Waals surface area (Å²) in [7, 11) is 0. The second-order valence-electron chi connectivity index (χ2n) is 7.88. The summed E-state index contributed by atoms with van der Waals surface area (Å²) < 4.78 is 5.54. The van der Waals surface area contributed by atoms with E-state index in [2.05, 4.69) is 75.8 Å². The van der Waals surface area contributed by atoms with Gasteiger partial charge in [0.15, 0.2) is 5.69 Å². The molecule has 0 atom stereocenters. The molecule has 0 aliphatic carbocycles. The number of rotatable bonds is 4. The summed E-state index contributed by atoms with van der Waals surface area (Å²) >= 11 is 0. The zero-order chi connectivity index (χ0) is 20.3. The molecule has 1 amide bonds. The molecule has 3 heterocycles. The highest BCUT2D eigenvalue weighted by molar-refractivity contribution is 5.94. The molecule has 2 aliphatic heterocycles. The lowest BCUT2D eigenvalue weighted by molar-refractivity contribution is 0.0582. The van der Waals surface area contributed by atoms with Crippen molar-refractivity contribution < 1.29 is 9.53 Å². The lowest BCUT2D eigenvalue weighted by atomic mass is 9.96. The molecule has 1 aromatic heterocycles. The molecule has 5 rings (SSSR count). The predicted octanol–water partition coefficient (Wildman–Crippen LogP) is 3.03. The Hall–Kier alpha value is -2.96. The van der Waals surface area contributed by atoms with Gasteiger partial charge in [0.05, 0.1) is 19.3 Å². The van der Waals surface area contributed by atoms with Gasteiger partial charge in [-0.3, -0.25) is 14.8 Å². The highest BCUT2D eigenvalue weighted by Crippen LogP contribution is 2.30. The summed E-state index contributed by atoms with van der Waals surface area (Å²) in [5.74, 6) is 0.00798. The van der Waals surface area contributed by atoms with Crippen LogP contribution in [0.2, 0.25) is 0 Å². The minimum absolute atomic E-state index is 0.00798. The fourth-order valence-corrected chi connectivity index (χ4v) is 4.51. The van der Waals surface area contributed by atoms with Gasteiger partial charge in [-0.2, -0.15) is 5.10 Å². The van der Waals surface area contributed by atoms with Crippen LogP contribution in [0, 0.1) is 0 Å². The van der Waals surface area contributed by atoms with Crippen molar-refractivity contribution in [1.29, 1.82) is 0 Å². The molecule has 0 saturated carbocycles. The van der Waals surface area contributed by atoms with E-state index < -0.39 is 0 Å². The molecule has 0 radical (unpaired) electrons. The van der Waals surface area contributed by atoms with E-state index in [9.17, 15) is 4.79 Å². The zero-order valence-corrected chi connectivity index (χ0v) is 17.0. The minimum Gasteiger partial charge on any atom is -0.376 e. The van der Waals surface area contributed by atoms with E-state index in [1.165, 1.54) is 11.1 Å². The Bertz CT molecular complexity index is 955. The number of carbonyl (C=O) groups is 1. The second-order valence-corrected chi connectivity index (χ2v) is 7.88. The first-order chi connectivity index (χ1) is 14.8. The van der Waals surface area contributed by atoms with Crippen molar-refractivity contribution in [3.8, 4) is 0 Å². The Balaban J connectivity index is 1.33. The minimum atomic E-state index is 0.00798. The molecule has 1 saturated heterocycles. The van der Waals surface area contributed by atoms with Crippen LogP contribution in [-0.2, 0) is 17.8 Å². The van der Waals surface area contributed by atoms with Crippen LogP contribution in [0.3, 0.4) is 0 Å². The summed E-state index contributed by atoms with van der Waals surface area (Å²) in [6.07, 6.45) is 0.791. The Labute approximate surface area is 176 Å². The quantitative estimate of drug-likeness (QED) is 0.729. The molecule has 0 bridgehead atoms. The lowest BCUT2D eigenvalue weighted by Gasteiger charge is -2.39. The van der Waals surface area contributed by atoms with Gasteiger partial charge in [-0.25, -0.2) is 0 Å². The number of H-pyrrole nitrogens is 1. The molecular weight excluding hydrogens is 376 g/mol. The SMILES string of the molecule is O=C(c1n[nH]c2c1COCC2)N1CCN(C(c2ccccc2)c2ccccc2)CC1. The summed E-state index contributed by atoms with van der Waals surface area (Å²) in [4.78, 5) is 17.5. The Morgan fingerprint density at radius 1 is 0.933 bits per heavy atom. The first kappa shape index (κ1) is 19.0. The zero-order valence-electron chi connectivity index (χ0n) is 17.0. The summed E-state index contributed by atoms with van der Waals surface area (Å²) in [6, 6.07) is 21.4. The van der Waals surface area contributed by atoms with E-state index in [0.717, 1.165) is 30.8 Å². The number of aromatic nitrogens is 2. The van der Waals surface area contributed by atoms with Gasteiger partial charge < -0.3 is 9.64 Å². The van der Waals surface area contributed by atoms with Crippen LogP contribution < -0.4 is 0 Å². The van der Waals surface area contributed by atoms with Gasteiger partial charge >= 0.3 is 0 Å². The van der Waals surface area contributed by atoms with Crippen molar-refractivity contribution in [1.82, 2.24) is 20.0 Å². The van der Waals surface area contributed by atoms with Crippen LogP contribution in [0.4, 0.5) is 0 Å². The molecule has 1 fully saturated rings. The number of piperazine rings is 1. The molecule has 6 nitrogen and oxygen atoms in total. The van der Waals surface area contributed by atoms with Gasteiger partial charge in [-0.1, -0.05) is 60.7 Å². The van der Waals surface area contributed by atoms with Crippen LogP contribution in [0.5, 0.6) is 0 Å². The molecule has 2 aliphatic rings. The van der Waals surface area contributed by atoms with Gasteiger partial charge in [0.2, 0.25) is 0 Å². The molecule has 6 heteroatoms. The summed E-state index contributed by atoms with van der Waals surface area (Å²) in [5, 5.41) is 7.34. The van der Waals surface area contributed by atoms with Crippen molar-refractivity contribution in [2.75, 3.05) is 32.8 Å². The van der Waals surface area contributed by atoms with Crippen LogP contribution >= 0.6 is 0 Å². The number of aromatic amines is 1. The topological polar surface area (TPSA) is 61.5 Å². The number of carbonyl (C=O) groups excluding carboxylic acids is 1. The van der Waals surface area contributed by atoms with Crippen molar-refractivity contribution in [3.63, 3.8) is 0 Å². The highest BCUT2D eigenvalue weighted by Gasteiger charge is 2.31. The number of hydrogen-bond donors (Lipinski definition) is 1. The van der Waals surface area contributed by atoms with Gasteiger partial charge in [0.1, 0.15) is 0 Å². The third-order valence-electron chi connectivity index (χ3n) is 6.10. The van der Waals surface area contributed by atoms with E-state index in [1.807, 2.05) is 4.90 Å². The molecule has 0 spiro atoms. The van der Waals surface area contributed by atoms with Crippen LogP contribution in [0.25, 0.3) is 0 Å². The first-order valence-electron chi connectivity index (χ1n) is 10.6. The van der Waals surface area contributed by atoms with Crippen molar-refractivity contribution in [2.24, 2.45) is 0 Å².